The van der Waals surface area contributed by atoms with Crippen LogP contribution in [0.4, 0.5) is 10.1 Å². The van der Waals surface area contributed by atoms with E-state index >= 15 is 0 Å². The van der Waals surface area contributed by atoms with Crippen molar-refractivity contribution in [3.63, 3.8) is 0 Å². The summed E-state index contributed by atoms with van der Waals surface area (Å²) >= 11 is 0. The Kier molecular flexibility index (Phi) is 4.16. The van der Waals surface area contributed by atoms with Crippen molar-refractivity contribution in [3.8, 4) is 0 Å². The summed E-state index contributed by atoms with van der Waals surface area (Å²) in [6, 6.07) is 13.2. The quantitative estimate of drug-likeness (QED) is 0.878. The molecule has 122 valence electrons. The SMILES string of the molecule is CCN1C(=O)C(Nc2cccc(F)c2)=C(c2ccc(C)cc2)C1=O. The lowest BCUT2D eigenvalue weighted by Crippen LogP contribution is -2.32. The monoisotopic (exact) mass is 324 g/mol. The molecule has 0 aromatic heterocycles. The van der Waals surface area contributed by atoms with Gasteiger partial charge in [-0.3, -0.25) is 14.5 Å². The molecule has 0 radical (unpaired) electrons. The Morgan fingerprint density at radius 3 is 2.38 bits per heavy atom. The molecule has 1 aliphatic heterocycles. The number of hydrogen-bond acceptors (Lipinski definition) is 3. The molecule has 0 aliphatic carbocycles. The number of nitrogens with zero attached hydrogens (tertiary/aromatic N) is 1. The Hall–Kier alpha value is -2.95. The van der Waals surface area contributed by atoms with Crippen molar-refractivity contribution in [3.05, 3.63) is 71.2 Å². The average molecular weight is 324 g/mol. The van der Waals surface area contributed by atoms with E-state index in [4.69, 9.17) is 0 Å². The van der Waals surface area contributed by atoms with Crippen LogP contribution in [0.15, 0.2) is 54.2 Å². The van der Waals surface area contributed by atoms with E-state index in [0.29, 0.717) is 16.8 Å². The molecule has 1 N–H and O–H groups in total. The highest BCUT2D eigenvalue weighted by Crippen LogP contribution is 2.30. The maximum Gasteiger partial charge on any atom is 0.278 e. The van der Waals surface area contributed by atoms with Crippen LogP contribution in [0, 0.1) is 12.7 Å². The van der Waals surface area contributed by atoms with E-state index in [1.54, 1.807) is 19.1 Å². The van der Waals surface area contributed by atoms with Crippen LogP contribution in [0.2, 0.25) is 0 Å². The maximum absolute atomic E-state index is 13.4. The standard InChI is InChI=1S/C19H17FN2O2/c1-3-22-18(23)16(13-9-7-12(2)8-10-13)17(19(22)24)21-15-6-4-5-14(20)11-15/h4-11,21H,3H2,1-2H3. The first-order valence-corrected chi connectivity index (χ1v) is 7.71. The molecule has 0 saturated heterocycles. The number of nitrogens with one attached hydrogen (secondary N) is 1. The van der Waals surface area contributed by atoms with Gasteiger partial charge in [0.25, 0.3) is 11.8 Å². The average Bonchev–Trinajstić information content (AvgIpc) is 2.79. The zero-order valence-electron chi connectivity index (χ0n) is 13.5. The van der Waals surface area contributed by atoms with Gasteiger partial charge in [0.15, 0.2) is 0 Å². The number of halogens is 1. The van der Waals surface area contributed by atoms with Crippen molar-refractivity contribution >= 4 is 23.1 Å². The molecule has 24 heavy (non-hydrogen) atoms. The van der Waals surface area contributed by atoms with Gasteiger partial charge in [0.1, 0.15) is 11.5 Å². The number of carbonyl (C=O) groups is 2. The molecule has 2 amide bonds. The molecule has 1 heterocycles. The first-order chi connectivity index (χ1) is 11.5. The molecule has 0 saturated carbocycles. The number of rotatable bonds is 4. The van der Waals surface area contributed by atoms with E-state index in [1.165, 1.54) is 17.0 Å². The second-order valence-electron chi connectivity index (χ2n) is 5.61. The Balaban J connectivity index is 2.09. The molecule has 2 aromatic rings. The Labute approximate surface area is 139 Å². The highest BCUT2D eigenvalue weighted by Gasteiger charge is 2.38. The minimum atomic E-state index is -0.415. The minimum Gasteiger partial charge on any atom is -0.350 e. The zero-order valence-corrected chi connectivity index (χ0v) is 13.5. The largest absolute Gasteiger partial charge is 0.350 e. The lowest BCUT2D eigenvalue weighted by molar-refractivity contribution is -0.136. The molecule has 2 aromatic carbocycles. The summed E-state index contributed by atoms with van der Waals surface area (Å²) in [7, 11) is 0. The van der Waals surface area contributed by atoms with Gasteiger partial charge in [-0.2, -0.15) is 0 Å². The van der Waals surface area contributed by atoms with Crippen LogP contribution in [0.5, 0.6) is 0 Å². The van der Waals surface area contributed by atoms with Crippen molar-refractivity contribution < 1.29 is 14.0 Å². The molecule has 0 fully saturated rings. The molecule has 0 bridgehead atoms. The molecular weight excluding hydrogens is 307 g/mol. The number of imide groups is 1. The predicted molar refractivity (Wildman–Crippen MR) is 90.5 cm³/mol. The second-order valence-corrected chi connectivity index (χ2v) is 5.61. The van der Waals surface area contributed by atoms with Gasteiger partial charge in [-0.1, -0.05) is 35.9 Å². The van der Waals surface area contributed by atoms with E-state index < -0.39 is 11.7 Å². The zero-order chi connectivity index (χ0) is 17.3. The summed E-state index contributed by atoms with van der Waals surface area (Å²) in [6.07, 6.45) is 0. The van der Waals surface area contributed by atoms with Gasteiger partial charge in [0, 0.05) is 12.2 Å². The van der Waals surface area contributed by atoms with Crippen molar-refractivity contribution in [2.75, 3.05) is 11.9 Å². The van der Waals surface area contributed by atoms with Crippen LogP contribution in [0.3, 0.4) is 0 Å². The third-order valence-electron chi connectivity index (χ3n) is 3.92. The van der Waals surface area contributed by atoms with Gasteiger partial charge in [-0.25, -0.2) is 4.39 Å². The number of likely N-dealkylation sites (N-methyl/N-ethyl adjacent to an activating group) is 1. The number of hydrogen-bond donors (Lipinski definition) is 1. The Morgan fingerprint density at radius 1 is 1.04 bits per heavy atom. The van der Waals surface area contributed by atoms with Gasteiger partial charge in [-0.15, -0.1) is 0 Å². The van der Waals surface area contributed by atoms with Crippen molar-refractivity contribution in [2.24, 2.45) is 0 Å². The number of aryl methyl sites for hydroxylation is 1. The number of benzene rings is 2. The van der Waals surface area contributed by atoms with Gasteiger partial charge in [0.2, 0.25) is 0 Å². The summed E-state index contributed by atoms with van der Waals surface area (Å²) in [5.41, 5.74) is 2.63. The number of amides is 2. The maximum atomic E-state index is 13.4. The highest BCUT2D eigenvalue weighted by molar-refractivity contribution is 6.36. The minimum absolute atomic E-state index is 0.177. The van der Waals surface area contributed by atoms with Crippen LogP contribution in [-0.4, -0.2) is 23.3 Å². The second kappa shape index (κ2) is 6.28. The van der Waals surface area contributed by atoms with Crippen LogP contribution in [-0.2, 0) is 9.59 Å². The lowest BCUT2D eigenvalue weighted by atomic mass is 10.0. The fourth-order valence-electron chi connectivity index (χ4n) is 2.68. The van der Waals surface area contributed by atoms with Crippen LogP contribution in [0.25, 0.3) is 5.57 Å². The van der Waals surface area contributed by atoms with Crippen LogP contribution < -0.4 is 5.32 Å². The van der Waals surface area contributed by atoms with Gasteiger partial charge < -0.3 is 5.32 Å². The van der Waals surface area contributed by atoms with Gasteiger partial charge in [-0.05, 0) is 37.6 Å². The van der Waals surface area contributed by atoms with E-state index in [0.717, 1.165) is 5.56 Å². The third kappa shape index (κ3) is 2.80. The molecule has 5 heteroatoms. The van der Waals surface area contributed by atoms with E-state index in [1.807, 2.05) is 31.2 Å². The molecule has 1 aliphatic rings. The molecule has 0 spiro atoms. The van der Waals surface area contributed by atoms with Gasteiger partial charge >= 0.3 is 0 Å². The fourth-order valence-corrected chi connectivity index (χ4v) is 2.68. The topological polar surface area (TPSA) is 49.4 Å². The summed E-state index contributed by atoms with van der Waals surface area (Å²) in [5.74, 6) is -1.16. The Bertz CT molecular complexity index is 841. The van der Waals surface area contributed by atoms with E-state index in [-0.39, 0.29) is 18.1 Å². The molecule has 0 unspecified atom stereocenters. The first kappa shape index (κ1) is 15.9. The predicted octanol–water partition coefficient (Wildman–Crippen LogP) is 3.35. The summed E-state index contributed by atoms with van der Waals surface area (Å²) in [5, 5.41) is 2.92. The molecule has 0 atom stereocenters. The molecule has 3 rings (SSSR count). The third-order valence-corrected chi connectivity index (χ3v) is 3.92. The Morgan fingerprint density at radius 2 is 1.75 bits per heavy atom. The van der Waals surface area contributed by atoms with Crippen LogP contribution >= 0.6 is 0 Å². The van der Waals surface area contributed by atoms with Gasteiger partial charge in [0.05, 0.1) is 5.57 Å². The van der Waals surface area contributed by atoms with E-state index in [9.17, 15) is 14.0 Å². The van der Waals surface area contributed by atoms with E-state index in [2.05, 4.69) is 5.32 Å². The first-order valence-electron chi connectivity index (χ1n) is 7.71. The van der Waals surface area contributed by atoms with Crippen molar-refractivity contribution in [2.45, 2.75) is 13.8 Å². The summed E-state index contributed by atoms with van der Waals surface area (Å²) in [6.45, 7) is 3.97. The highest BCUT2D eigenvalue weighted by atomic mass is 19.1. The normalized spacial score (nSPS) is 14.5. The molecular formula is C19H17FN2O2. The number of anilines is 1. The fraction of sp³-hybridized carbons (Fsp3) is 0.158. The summed E-state index contributed by atoms with van der Waals surface area (Å²) in [4.78, 5) is 26.4. The van der Waals surface area contributed by atoms with Crippen molar-refractivity contribution in [1.29, 1.82) is 0 Å². The summed E-state index contributed by atoms with van der Waals surface area (Å²) < 4.78 is 13.4. The van der Waals surface area contributed by atoms with Crippen molar-refractivity contribution in [1.82, 2.24) is 4.90 Å². The van der Waals surface area contributed by atoms with Crippen LogP contribution in [0.1, 0.15) is 18.1 Å². The smallest absolute Gasteiger partial charge is 0.278 e. The lowest BCUT2D eigenvalue weighted by Gasteiger charge is -2.12. The molecule has 4 nitrogen and oxygen atoms in total. The number of carbonyl (C=O) groups excluding carboxylic acids is 2.